The van der Waals surface area contributed by atoms with E-state index in [-0.39, 0.29) is 32.6 Å². The maximum atomic E-state index is 12.9. The number of rotatable bonds is 5. The zero-order valence-electron chi connectivity index (χ0n) is 17.9. The molecule has 0 saturated heterocycles. The molecule has 170 valence electrons. The van der Waals surface area contributed by atoms with E-state index >= 15 is 0 Å². The molecule has 1 atom stereocenters. The molecule has 1 aliphatic heterocycles. The quantitative estimate of drug-likeness (QED) is 0.500. The number of carbonyl (C=O) groups is 3. The second-order valence-corrected chi connectivity index (χ2v) is 8.32. The minimum Gasteiger partial charge on any atom is -0.438 e. The Morgan fingerprint density at radius 2 is 1.76 bits per heavy atom. The summed E-state index contributed by atoms with van der Waals surface area (Å²) in [4.78, 5) is 43.4. The molecule has 0 bridgehead atoms. The van der Waals surface area contributed by atoms with E-state index in [4.69, 9.17) is 27.9 Å². The minimum absolute atomic E-state index is 0.1000. The standard InChI is InChI=1S/C24H16Cl2N4O4/c1-12-8-15(34-22-14(11-27)4-3-7-28-22)5-6-20(12)29-21(31)13(2)30-23(32)16-9-18(25)19(26)10-17(16)24(30)33/h3-10,13H,1-2H3,(H,29,31). The molecule has 3 amide bonds. The van der Waals surface area contributed by atoms with Crippen LogP contribution in [0.2, 0.25) is 10.0 Å². The Morgan fingerprint density at radius 1 is 1.12 bits per heavy atom. The van der Waals surface area contributed by atoms with Crippen molar-refractivity contribution < 1.29 is 19.1 Å². The van der Waals surface area contributed by atoms with Crippen LogP contribution in [0, 0.1) is 18.3 Å². The number of carbonyl (C=O) groups excluding carboxylic acids is 3. The first-order valence-corrected chi connectivity index (χ1v) is 10.8. The lowest BCUT2D eigenvalue weighted by atomic mass is 10.1. The Balaban J connectivity index is 1.50. The third-order valence-corrected chi connectivity index (χ3v) is 6.01. The van der Waals surface area contributed by atoms with Crippen LogP contribution >= 0.6 is 23.2 Å². The van der Waals surface area contributed by atoms with Gasteiger partial charge in [0.05, 0.1) is 21.2 Å². The highest BCUT2D eigenvalue weighted by Crippen LogP contribution is 2.33. The van der Waals surface area contributed by atoms with Crippen LogP contribution in [-0.4, -0.2) is 33.6 Å². The molecule has 0 saturated carbocycles. The van der Waals surface area contributed by atoms with Crippen LogP contribution in [0.1, 0.15) is 38.8 Å². The van der Waals surface area contributed by atoms with Gasteiger partial charge in [0.15, 0.2) is 0 Å². The summed E-state index contributed by atoms with van der Waals surface area (Å²) < 4.78 is 5.69. The molecule has 0 spiro atoms. The van der Waals surface area contributed by atoms with Gasteiger partial charge in [-0.15, -0.1) is 0 Å². The zero-order chi connectivity index (χ0) is 24.6. The summed E-state index contributed by atoms with van der Waals surface area (Å²) in [6.07, 6.45) is 1.51. The summed E-state index contributed by atoms with van der Waals surface area (Å²) in [7, 11) is 0. The van der Waals surface area contributed by atoms with Crippen LogP contribution < -0.4 is 10.1 Å². The number of fused-ring (bicyclic) bond motifs is 1. The number of imide groups is 1. The molecule has 0 radical (unpaired) electrons. The highest BCUT2D eigenvalue weighted by Gasteiger charge is 2.41. The molecule has 0 aliphatic carbocycles. The Morgan fingerprint density at radius 3 is 2.35 bits per heavy atom. The summed E-state index contributed by atoms with van der Waals surface area (Å²) in [6.45, 7) is 3.21. The normalized spacial score (nSPS) is 13.3. The van der Waals surface area contributed by atoms with Gasteiger partial charge in [-0.05, 0) is 61.9 Å². The lowest BCUT2D eigenvalue weighted by molar-refractivity contribution is -0.119. The Hall–Kier alpha value is -3.93. The Kier molecular flexibility index (Phi) is 6.24. The molecule has 0 fully saturated rings. The van der Waals surface area contributed by atoms with Gasteiger partial charge in [0.25, 0.3) is 11.8 Å². The van der Waals surface area contributed by atoms with Gasteiger partial charge in [0, 0.05) is 11.9 Å². The van der Waals surface area contributed by atoms with Gasteiger partial charge in [-0.2, -0.15) is 5.26 Å². The van der Waals surface area contributed by atoms with Crippen LogP contribution in [-0.2, 0) is 4.79 Å². The molecule has 2 heterocycles. The van der Waals surface area contributed by atoms with Crippen molar-refractivity contribution in [3.63, 3.8) is 0 Å². The summed E-state index contributed by atoms with van der Waals surface area (Å²) in [6, 6.07) is 11.7. The topological polar surface area (TPSA) is 112 Å². The molecule has 3 aromatic rings. The molecule has 8 nitrogen and oxygen atoms in total. The van der Waals surface area contributed by atoms with Gasteiger partial charge in [0.2, 0.25) is 11.8 Å². The van der Waals surface area contributed by atoms with Gasteiger partial charge in [-0.1, -0.05) is 23.2 Å². The zero-order valence-corrected chi connectivity index (χ0v) is 19.4. The molecule has 10 heteroatoms. The summed E-state index contributed by atoms with van der Waals surface area (Å²) in [5.74, 6) is -1.20. The van der Waals surface area contributed by atoms with E-state index in [1.54, 1.807) is 37.3 Å². The van der Waals surface area contributed by atoms with Gasteiger partial charge < -0.3 is 10.1 Å². The lowest BCUT2D eigenvalue weighted by Crippen LogP contribution is -2.45. The fraction of sp³-hybridized carbons (Fsp3) is 0.125. The molecule has 1 unspecified atom stereocenters. The average Bonchev–Trinajstić information content (AvgIpc) is 3.05. The van der Waals surface area contributed by atoms with Crippen LogP contribution in [0.15, 0.2) is 48.7 Å². The second-order valence-electron chi connectivity index (χ2n) is 7.50. The largest absolute Gasteiger partial charge is 0.438 e. The van der Waals surface area contributed by atoms with E-state index in [1.165, 1.54) is 25.3 Å². The minimum atomic E-state index is -1.09. The predicted octanol–water partition coefficient (Wildman–Crippen LogP) is 4.98. The number of aromatic nitrogens is 1. The number of nitriles is 1. The SMILES string of the molecule is Cc1cc(Oc2ncccc2C#N)ccc1NC(=O)C(C)N1C(=O)c2cc(Cl)c(Cl)cc2C1=O. The maximum Gasteiger partial charge on any atom is 0.262 e. The number of anilines is 1. The van der Waals surface area contributed by atoms with Gasteiger partial charge in [-0.25, -0.2) is 4.98 Å². The molecule has 1 N–H and O–H groups in total. The number of ether oxygens (including phenoxy) is 1. The molecule has 34 heavy (non-hydrogen) atoms. The van der Waals surface area contributed by atoms with E-state index in [1.807, 2.05) is 6.07 Å². The number of pyridine rings is 1. The fourth-order valence-electron chi connectivity index (χ4n) is 3.47. The molecular formula is C24H16Cl2N4O4. The van der Waals surface area contributed by atoms with E-state index in [0.717, 1.165) is 4.90 Å². The number of aryl methyl sites for hydroxylation is 1. The van der Waals surface area contributed by atoms with E-state index in [9.17, 15) is 19.6 Å². The van der Waals surface area contributed by atoms with Crippen molar-refractivity contribution in [3.05, 3.63) is 81.0 Å². The Bertz CT molecular complexity index is 1360. The van der Waals surface area contributed by atoms with Gasteiger partial charge >= 0.3 is 0 Å². The first-order chi connectivity index (χ1) is 16.2. The highest BCUT2D eigenvalue weighted by atomic mass is 35.5. The van der Waals surface area contributed by atoms with E-state index in [0.29, 0.717) is 17.0 Å². The summed E-state index contributed by atoms with van der Waals surface area (Å²) in [5.41, 5.74) is 1.61. The third kappa shape index (κ3) is 4.19. The average molecular weight is 495 g/mol. The highest BCUT2D eigenvalue weighted by molar-refractivity contribution is 6.43. The summed E-state index contributed by atoms with van der Waals surface area (Å²) >= 11 is 12.0. The molecule has 4 rings (SSSR count). The molecular weight excluding hydrogens is 479 g/mol. The third-order valence-electron chi connectivity index (χ3n) is 5.29. The van der Waals surface area contributed by atoms with Crippen LogP contribution in [0.5, 0.6) is 11.6 Å². The van der Waals surface area contributed by atoms with Crippen LogP contribution in [0.25, 0.3) is 0 Å². The number of amides is 3. The molecule has 2 aromatic carbocycles. The van der Waals surface area contributed by atoms with Crippen molar-refractivity contribution in [1.29, 1.82) is 5.26 Å². The predicted molar refractivity (Wildman–Crippen MR) is 125 cm³/mol. The number of nitrogens with one attached hydrogen (secondary N) is 1. The van der Waals surface area contributed by atoms with Crippen molar-refractivity contribution in [3.8, 4) is 17.7 Å². The monoisotopic (exact) mass is 494 g/mol. The number of hydrogen-bond donors (Lipinski definition) is 1. The number of hydrogen-bond acceptors (Lipinski definition) is 6. The van der Waals surface area contributed by atoms with Crippen LogP contribution in [0.3, 0.4) is 0 Å². The lowest BCUT2D eigenvalue weighted by Gasteiger charge is -2.22. The Labute approximate surface area is 204 Å². The number of benzene rings is 2. The maximum absolute atomic E-state index is 12.9. The van der Waals surface area contributed by atoms with E-state index in [2.05, 4.69) is 10.3 Å². The van der Waals surface area contributed by atoms with Crippen LogP contribution in [0.4, 0.5) is 5.69 Å². The van der Waals surface area contributed by atoms with Crippen molar-refractivity contribution in [2.75, 3.05) is 5.32 Å². The van der Waals surface area contributed by atoms with Crippen molar-refractivity contribution in [1.82, 2.24) is 9.88 Å². The van der Waals surface area contributed by atoms with Gasteiger partial charge in [0.1, 0.15) is 23.4 Å². The molecule has 1 aromatic heterocycles. The van der Waals surface area contributed by atoms with Crippen molar-refractivity contribution >= 4 is 46.6 Å². The van der Waals surface area contributed by atoms with Gasteiger partial charge in [-0.3, -0.25) is 19.3 Å². The first kappa shape index (κ1) is 23.2. The smallest absolute Gasteiger partial charge is 0.262 e. The number of nitrogens with zero attached hydrogens (tertiary/aromatic N) is 3. The second kappa shape index (κ2) is 9.14. The fourth-order valence-corrected chi connectivity index (χ4v) is 3.79. The first-order valence-electron chi connectivity index (χ1n) is 10.0. The molecule has 1 aliphatic rings. The van der Waals surface area contributed by atoms with E-state index < -0.39 is 23.8 Å². The van der Waals surface area contributed by atoms with Crippen molar-refractivity contribution in [2.45, 2.75) is 19.9 Å². The number of halogens is 2. The summed E-state index contributed by atoms with van der Waals surface area (Å²) in [5, 5.41) is 12.2. The van der Waals surface area contributed by atoms with Crippen molar-refractivity contribution in [2.24, 2.45) is 0 Å².